The number of nitrogens with zero attached hydrogens (tertiary/aromatic N) is 2. The summed E-state index contributed by atoms with van der Waals surface area (Å²) in [5.41, 5.74) is 5.31. The molecule has 14 heteroatoms. The number of rotatable bonds is 13. The first-order valence-corrected chi connectivity index (χ1v) is 23.9. The van der Waals surface area contributed by atoms with E-state index in [1.807, 2.05) is 0 Å². The van der Waals surface area contributed by atoms with E-state index in [9.17, 15) is 39.6 Å². The monoisotopic (exact) mass is 894 g/mol. The van der Waals surface area contributed by atoms with Crippen LogP contribution in [0, 0.1) is 31.3 Å². The van der Waals surface area contributed by atoms with Crippen molar-refractivity contribution >= 4 is 53.4 Å². The van der Waals surface area contributed by atoms with Crippen molar-refractivity contribution in [1.82, 2.24) is 9.13 Å². The van der Waals surface area contributed by atoms with Gasteiger partial charge in [-0.3, -0.25) is 0 Å². The van der Waals surface area contributed by atoms with Gasteiger partial charge >= 0.3 is 11.9 Å². The minimum atomic E-state index is -3.73. The highest BCUT2D eigenvalue weighted by Crippen LogP contribution is 2.35. The number of fused-ring (bicyclic) bond motifs is 2. The van der Waals surface area contributed by atoms with Crippen molar-refractivity contribution in [2.45, 2.75) is 92.7 Å². The molecule has 5 aromatic carbocycles. The van der Waals surface area contributed by atoms with Gasteiger partial charge in [-0.05, 0) is 128 Å². The van der Waals surface area contributed by atoms with Crippen LogP contribution < -0.4 is 0 Å². The highest BCUT2D eigenvalue weighted by Gasteiger charge is 2.31. The lowest BCUT2D eigenvalue weighted by atomic mass is 10.0. The maximum Gasteiger partial charge on any atom is 0.333 e. The van der Waals surface area contributed by atoms with Gasteiger partial charge in [0.05, 0.1) is 20.8 Å². The van der Waals surface area contributed by atoms with Crippen molar-refractivity contribution in [3.8, 4) is 0 Å². The summed E-state index contributed by atoms with van der Waals surface area (Å²) >= 11 is 0. The lowest BCUT2D eigenvalue weighted by molar-refractivity contribution is -0.160. The zero-order chi connectivity index (χ0) is 44.6. The molecule has 7 aromatic rings. The van der Waals surface area contributed by atoms with Gasteiger partial charge in [0.2, 0.25) is 0 Å². The van der Waals surface area contributed by atoms with E-state index in [1.54, 1.807) is 59.4 Å². The summed E-state index contributed by atoms with van der Waals surface area (Å²) in [5, 5.41) is 0.571. The van der Waals surface area contributed by atoms with Crippen molar-refractivity contribution in [2.75, 3.05) is 0 Å². The van der Waals surface area contributed by atoms with Crippen molar-refractivity contribution in [3.63, 3.8) is 0 Å². The molecule has 2 aromatic heterocycles. The van der Waals surface area contributed by atoms with Gasteiger partial charge in [-0.25, -0.2) is 39.6 Å². The average Bonchev–Trinajstić information content (AvgIpc) is 3.65. The summed E-state index contributed by atoms with van der Waals surface area (Å²) in [6.07, 6.45) is 4.37. The first-order chi connectivity index (χ1) is 30.1. The molecule has 2 heterocycles. The number of aromatic nitrogens is 2. The Morgan fingerprint density at radius 1 is 0.619 bits per heavy atom. The van der Waals surface area contributed by atoms with Gasteiger partial charge in [0.25, 0.3) is 0 Å². The van der Waals surface area contributed by atoms with Gasteiger partial charge < -0.3 is 13.9 Å². The largest absolute Gasteiger partial charge is 0.390 e. The van der Waals surface area contributed by atoms with E-state index in [0.717, 1.165) is 24.8 Å². The van der Waals surface area contributed by atoms with Crippen LogP contribution in [0.2, 0.25) is 0 Å². The first-order valence-electron chi connectivity index (χ1n) is 20.7. The summed E-state index contributed by atoms with van der Waals surface area (Å²) in [6.45, 7) is 2.75. The quantitative estimate of drug-likeness (QED) is 0.0835. The fourth-order valence-electron chi connectivity index (χ4n) is 8.93. The predicted molar refractivity (Wildman–Crippen MR) is 234 cm³/mol. The number of sulfone groups is 2. The SMILES string of the molecule is Cc1c(Cc2ccc(S(=O)(=O)Cc3ccc(F)cc3)cc2)c2cc(F)ccc2n1CC(=O)OC(=O)Cn1c(C)c(Cc2ccccc2S(=O)(=O)C2CCCCC2)c2cc(F)ccc21. The van der Waals surface area contributed by atoms with Crippen molar-refractivity contribution in [3.05, 3.63) is 166 Å². The number of halogens is 3. The van der Waals surface area contributed by atoms with Crippen LogP contribution in [0.25, 0.3) is 21.8 Å². The summed E-state index contributed by atoms with van der Waals surface area (Å²) in [6, 6.07) is 26.8. The summed E-state index contributed by atoms with van der Waals surface area (Å²) in [5.74, 6) is -3.50. The van der Waals surface area contributed by atoms with E-state index in [-0.39, 0.29) is 41.5 Å². The van der Waals surface area contributed by atoms with Crippen LogP contribution in [0.4, 0.5) is 13.2 Å². The third kappa shape index (κ3) is 9.10. The smallest absolute Gasteiger partial charge is 0.333 e. The van der Waals surface area contributed by atoms with Gasteiger partial charge in [0.15, 0.2) is 19.7 Å². The number of benzene rings is 5. The second-order valence-corrected chi connectivity index (χ2v) is 20.5. The Balaban J connectivity index is 1.00. The molecule has 0 atom stereocenters. The molecule has 63 heavy (non-hydrogen) atoms. The standard InChI is InChI=1S/C49H45F3N2O7S2/c1-31-41(24-33-14-20-39(21-15-33)62(57,58)30-34-12-16-36(50)17-13-34)43-26-37(51)18-22-45(43)53(31)28-48(55)61-49(56)29-54-32(2)42(44-27-38(52)19-23-46(44)54)25-35-8-6-7-11-47(35)63(59,60)40-9-4-3-5-10-40/h6-8,11-23,26-27,40H,3-5,9-10,24-25,28-30H2,1-2H3. The van der Waals surface area contributed by atoms with Crippen molar-refractivity contribution in [2.24, 2.45) is 0 Å². The van der Waals surface area contributed by atoms with Gasteiger partial charge in [-0.2, -0.15) is 0 Å². The zero-order valence-corrected chi connectivity index (χ0v) is 36.4. The molecule has 9 nitrogen and oxygen atoms in total. The minimum absolute atomic E-state index is 0.0883. The molecule has 0 amide bonds. The second kappa shape index (κ2) is 17.6. The molecule has 0 bridgehead atoms. The van der Waals surface area contributed by atoms with E-state index in [0.29, 0.717) is 68.3 Å². The molecule has 1 aliphatic rings. The van der Waals surface area contributed by atoms with Crippen LogP contribution >= 0.6 is 0 Å². The Bertz CT molecular complexity index is 3120. The van der Waals surface area contributed by atoms with E-state index in [1.165, 1.54) is 72.8 Å². The second-order valence-electron chi connectivity index (χ2n) is 16.3. The molecule has 0 radical (unpaired) electrons. The molecule has 0 saturated heterocycles. The molecule has 1 fully saturated rings. The van der Waals surface area contributed by atoms with Crippen LogP contribution in [0.5, 0.6) is 0 Å². The topological polar surface area (TPSA) is 122 Å². The molecule has 1 saturated carbocycles. The molecular formula is C49H45F3N2O7S2. The van der Waals surface area contributed by atoms with Crippen LogP contribution in [0.3, 0.4) is 0 Å². The molecule has 0 N–H and O–H groups in total. The number of carbonyl (C=O) groups is 2. The van der Waals surface area contributed by atoms with Crippen LogP contribution in [0.1, 0.15) is 71.3 Å². The molecular weight excluding hydrogens is 850 g/mol. The summed E-state index contributed by atoms with van der Waals surface area (Å²) < 4.78 is 105. The third-order valence-corrected chi connectivity index (χ3v) is 16.3. The van der Waals surface area contributed by atoms with E-state index < -0.39 is 54.3 Å². The molecule has 0 spiro atoms. The van der Waals surface area contributed by atoms with E-state index >= 15 is 0 Å². The maximum atomic E-state index is 14.8. The molecule has 1 aliphatic carbocycles. The number of ether oxygens (including phenoxy) is 1. The summed E-state index contributed by atoms with van der Waals surface area (Å²) in [4.78, 5) is 27.4. The number of carbonyl (C=O) groups excluding carboxylic acids is 2. The highest BCUT2D eigenvalue weighted by molar-refractivity contribution is 7.92. The Morgan fingerprint density at radius 2 is 1.13 bits per heavy atom. The van der Waals surface area contributed by atoms with Gasteiger partial charge in [-0.1, -0.05) is 61.7 Å². The minimum Gasteiger partial charge on any atom is -0.390 e. The normalized spacial score (nSPS) is 13.8. The van der Waals surface area contributed by atoms with Gasteiger partial charge in [0.1, 0.15) is 30.5 Å². The average molecular weight is 895 g/mol. The first kappa shape index (κ1) is 43.7. The molecule has 326 valence electrons. The lowest BCUT2D eigenvalue weighted by Crippen LogP contribution is -2.25. The Morgan fingerprint density at radius 3 is 1.70 bits per heavy atom. The van der Waals surface area contributed by atoms with Crippen molar-refractivity contribution < 1.29 is 44.3 Å². The molecule has 0 unspecified atom stereocenters. The van der Waals surface area contributed by atoms with Crippen LogP contribution in [-0.4, -0.2) is 43.2 Å². The number of hydrogen-bond donors (Lipinski definition) is 0. The fourth-order valence-corrected chi connectivity index (χ4v) is 12.4. The Kier molecular flexibility index (Phi) is 12.2. The third-order valence-electron chi connectivity index (χ3n) is 12.2. The Hall–Kier alpha value is -5.99. The van der Waals surface area contributed by atoms with Crippen LogP contribution in [0.15, 0.2) is 119 Å². The lowest BCUT2D eigenvalue weighted by Gasteiger charge is -2.23. The van der Waals surface area contributed by atoms with Gasteiger partial charge in [0, 0.05) is 39.6 Å². The number of esters is 2. The maximum absolute atomic E-state index is 14.8. The van der Waals surface area contributed by atoms with Crippen LogP contribution in [-0.2, 0) is 65.7 Å². The van der Waals surface area contributed by atoms with Gasteiger partial charge in [-0.15, -0.1) is 0 Å². The van der Waals surface area contributed by atoms with Crippen molar-refractivity contribution in [1.29, 1.82) is 0 Å². The fraction of sp³-hybridized carbons (Fsp3) is 0.265. The highest BCUT2D eigenvalue weighted by atomic mass is 32.2. The van der Waals surface area contributed by atoms with E-state index in [4.69, 9.17) is 4.74 Å². The molecule has 0 aliphatic heterocycles. The molecule has 8 rings (SSSR count). The Labute approximate surface area is 364 Å². The summed E-state index contributed by atoms with van der Waals surface area (Å²) in [7, 11) is -7.36. The zero-order valence-electron chi connectivity index (χ0n) is 34.7. The van der Waals surface area contributed by atoms with E-state index in [2.05, 4.69) is 0 Å². The number of hydrogen-bond acceptors (Lipinski definition) is 7. The predicted octanol–water partition coefficient (Wildman–Crippen LogP) is 9.66.